The molecule has 0 spiro atoms. The Labute approximate surface area is 136 Å². The number of rotatable bonds is 3. The largest absolute Gasteiger partial charge is 0.480 e. The summed E-state index contributed by atoms with van der Waals surface area (Å²) in [5.74, 6) is 0.762. The summed E-state index contributed by atoms with van der Waals surface area (Å²) in [4.78, 5) is 13.6. The van der Waals surface area contributed by atoms with Crippen molar-refractivity contribution >= 4 is 21.9 Å². The molecule has 7 heteroatoms. The third kappa shape index (κ3) is 2.78. The van der Waals surface area contributed by atoms with Crippen molar-refractivity contribution in [1.82, 2.24) is 19.7 Å². The van der Waals surface area contributed by atoms with Crippen LogP contribution in [0.1, 0.15) is 22.8 Å². The van der Waals surface area contributed by atoms with E-state index in [4.69, 9.17) is 0 Å². The van der Waals surface area contributed by atoms with Gasteiger partial charge >= 0.3 is 5.97 Å². The van der Waals surface area contributed by atoms with Crippen LogP contribution in [0.3, 0.4) is 0 Å². The molecule has 6 nitrogen and oxygen atoms in total. The van der Waals surface area contributed by atoms with Gasteiger partial charge in [-0.1, -0.05) is 28.1 Å². The molecule has 0 radical (unpaired) electrons. The van der Waals surface area contributed by atoms with E-state index in [1.807, 2.05) is 41.5 Å². The van der Waals surface area contributed by atoms with Gasteiger partial charge in [0.2, 0.25) is 0 Å². The molecule has 0 saturated heterocycles. The molecule has 0 aliphatic carbocycles. The third-order valence-electron chi connectivity index (χ3n) is 4.02. The highest BCUT2D eigenvalue weighted by Crippen LogP contribution is 2.25. The first-order valence-electron chi connectivity index (χ1n) is 7.06. The second kappa shape index (κ2) is 5.81. The van der Waals surface area contributed by atoms with Gasteiger partial charge in [0.1, 0.15) is 17.7 Å². The predicted octanol–water partition coefficient (Wildman–Crippen LogP) is 2.13. The van der Waals surface area contributed by atoms with E-state index in [-0.39, 0.29) is 0 Å². The first-order chi connectivity index (χ1) is 10.5. The fourth-order valence-electron chi connectivity index (χ4n) is 2.76. The molecular weight excluding hydrogens is 348 g/mol. The van der Waals surface area contributed by atoms with E-state index in [1.165, 1.54) is 5.56 Å². The van der Waals surface area contributed by atoms with Gasteiger partial charge in [-0.25, -0.2) is 0 Å². The van der Waals surface area contributed by atoms with E-state index < -0.39 is 12.0 Å². The minimum absolute atomic E-state index is 0.382. The standard InChI is InChI=1S/C15H17BrN4O2/c1-9-3-4-11(12(16)5-9)6-19-8-14-18-17-10(2)20(14)7-13(19)15(21)22/h3-5,13H,6-8H2,1-2H3,(H,21,22). The van der Waals surface area contributed by atoms with Gasteiger partial charge in [0.15, 0.2) is 0 Å². The molecule has 2 heterocycles. The van der Waals surface area contributed by atoms with Crippen LogP contribution in [-0.4, -0.2) is 36.8 Å². The Morgan fingerprint density at radius 1 is 1.41 bits per heavy atom. The number of fused-ring (bicyclic) bond motifs is 1. The average Bonchev–Trinajstić information content (AvgIpc) is 2.82. The first kappa shape index (κ1) is 15.2. The van der Waals surface area contributed by atoms with Crippen LogP contribution in [0.5, 0.6) is 0 Å². The number of hydrogen-bond acceptors (Lipinski definition) is 4. The number of hydrogen-bond donors (Lipinski definition) is 1. The van der Waals surface area contributed by atoms with Crippen molar-refractivity contribution in [2.24, 2.45) is 0 Å². The molecule has 0 saturated carbocycles. The van der Waals surface area contributed by atoms with Gasteiger partial charge in [0.05, 0.1) is 13.1 Å². The fourth-order valence-corrected chi connectivity index (χ4v) is 3.38. The number of benzene rings is 1. The number of carbonyl (C=O) groups is 1. The van der Waals surface area contributed by atoms with E-state index in [0.29, 0.717) is 19.6 Å². The molecule has 116 valence electrons. The molecule has 0 amide bonds. The van der Waals surface area contributed by atoms with Crippen LogP contribution >= 0.6 is 15.9 Å². The highest BCUT2D eigenvalue weighted by Gasteiger charge is 2.33. The fraction of sp³-hybridized carbons (Fsp3) is 0.400. The Balaban J connectivity index is 1.89. The Hall–Kier alpha value is -1.73. The predicted molar refractivity (Wildman–Crippen MR) is 84.3 cm³/mol. The number of aromatic nitrogens is 3. The number of aryl methyl sites for hydroxylation is 2. The molecule has 0 bridgehead atoms. The lowest BCUT2D eigenvalue weighted by Gasteiger charge is -2.33. The lowest BCUT2D eigenvalue weighted by Crippen LogP contribution is -2.47. The maximum absolute atomic E-state index is 11.6. The van der Waals surface area contributed by atoms with Crippen LogP contribution in [-0.2, 0) is 24.4 Å². The van der Waals surface area contributed by atoms with E-state index >= 15 is 0 Å². The normalized spacial score (nSPS) is 18.2. The maximum Gasteiger partial charge on any atom is 0.322 e. The lowest BCUT2D eigenvalue weighted by molar-refractivity contribution is -0.145. The minimum Gasteiger partial charge on any atom is -0.480 e. The SMILES string of the molecule is Cc1ccc(CN2Cc3nnc(C)n3CC2C(=O)O)c(Br)c1. The second-order valence-corrected chi connectivity index (χ2v) is 6.48. The van der Waals surface area contributed by atoms with Crippen molar-refractivity contribution in [3.8, 4) is 0 Å². The Morgan fingerprint density at radius 2 is 2.18 bits per heavy atom. The van der Waals surface area contributed by atoms with Crippen molar-refractivity contribution in [1.29, 1.82) is 0 Å². The zero-order valence-electron chi connectivity index (χ0n) is 12.5. The summed E-state index contributed by atoms with van der Waals surface area (Å²) in [5, 5.41) is 17.7. The van der Waals surface area contributed by atoms with E-state index in [9.17, 15) is 9.90 Å². The molecule has 1 N–H and O–H groups in total. The first-order valence-corrected chi connectivity index (χ1v) is 7.85. The average molecular weight is 365 g/mol. The number of carboxylic acids is 1. The summed E-state index contributed by atoms with van der Waals surface area (Å²) in [5.41, 5.74) is 2.24. The summed E-state index contributed by atoms with van der Waals surface area (Å²) in [6, 6.07) is 5.53. The Bertz CT molecular complexity index is 728. The van der Waals surface area contributed by atoms with Gasteiger partial charge in [0.25, 0.3) is 0 Å². The van der Waals surface area contributed by atoms with Crippen molar-refractivity contribution < 1.29 is 9.90 Å². The molecule has 22 heavy (non-hydrogen) atoms. The minimum atomic E-state index is -0.818. The Kier molecular flexibility index (Phi) is 4.01. The summed E-state index contributed by atoms with van der Waals surface area (Å²) in [6.07, 6.45) is 0. The molecule has 3 rings (SSSR count). The quantitative estimate of drug-likeness (QED) is 0.902. The summed E-state index contributed by atoms with van der Waals surface area (Å²) >= 11 is 3.56. The molecule has 1 aliphatic rings. The van der Waals surface area contributed by atoms with Crippen molar-refractivity contribution in [2.45, 2.75) is 39.5 Å². The zero-order valence-corrected chi connectivity index (χ0v) is 14.0. The van der Waals surface area contributed by atoms with Crippen LogP contribution in [0.15, 0.2) is 22.7 Å². The van der Waals surface area contributed by atoms with Gasteiger partial charge < -0.3 is 9.67 Å². The maximum atomic E-state index is 11.6. The molecule has 1 aliphatic heterocycles. The summed E-state index contributed by atoms with van der Waals surface area (Å²) < 4.78 is 2.89. The van der Waals surface area contributed by atoms with Crippen LogP contribution < -0.4 is 0 Å². The molecule has 0 fully saturated rings. The number of nitrogens with zero attached hydrogens (tertiary/aromatic N) is 4. The van der Waals surface area contributed by atoms with Gasteiger partial charge in [-0.05, 0) is 31.0 Å². The lowest BCUT2D eigenvalue weighted by atomic mass is 10.1. The van der Waals surface area contributed by atoms with Crippen LogP contribution in [0.2, 0.25) is 0 Å². The third-order valence-corrected chi connectivity index (χ3v) is 4.76. The monoisotopic (exact) mass is 364 g/mol. The zero-order chi connectivity index (χ0) is 15.9. The van der Waals surface area contributed by atoms with Crippen LogP contribution in [0, 0.1) is 13.8 Å². The summed E-state index contributed by atoms with van der Waals surface area (Å²) in [6.45, 7) is 5.30. The van der Waals surface area contributed by atoms with Crippen molar-refractivity contribution in [3.05, 3.63) is 45.4 Å². The molecule has 1 unspecified atom stereocenters. The van der Waals surface area contributed by atoms with Crippen LogP contribution in [0.25, 0.3) is 0 Å². The second-order valence-electron chi connectivity index (χ2n) is 5.63. The number of aliphatic carboxylic acids is 1. The molecular formula is C15H17BrN4O2. The van der Waals surface area contributed by atoms with E-state index in [1.54, 1.807) is 0 Å². The molecule has 1 aromatic carbocycles. The van der Waals surface area contributed by atoms with Crippen molar-refractivity contribution in [2.75, 3.05) is 0 Å². The van der Waals surface area contributed by atoms with Crippen LogP contribution in [0.4, 0.5) is 0 Å². The van der Waals surface area contributed by atoms with Crippen molar-refractivity contribution in [3.63, 3.8) is 0 Å². The van der Waals surface area contributed by atoms with Gasteiger partial charge in [-0.2, -0.15) is 0 Å². The summed E-state index contributed by atoms with van der Waals surface area (Å²) in [7, 11) is 0. The van der Waals surface area contributed by atoms with E-state index in [2.05, 4.69) is 26.1 Å². The highest BCUT2D eigenvalue weighted by atomic mass is 79.9. The van der Waals surface area contributed by atoms with Gasteiger partial charge in [-0.3, -0.25) is 9.69 Å². The Morgan fingerprint density at radius 3 is 2.86 bits per heavy atom. The molecule has 1 atom stereocenters. The molecule has 2 aromatic rings. The smallest absolute Gasteiger partial charge is 0.322 e. The molecule has 1 aromatic heterocycles. The highest BCUT2D eigenvalue weighted by molar-refractivity contribution is 9.10. The topological polar surface area (TPSA) is 71.2 Å². The van der Waals surface area contributed by atoms with E-state index in [0.717, 1.165) is 21.7 Å². The van der Waals surface area contributed by atoms with Gasteiger partial charge in [0, 0.05) is 11.0 Å². The number of halogens is 1. The van der Waals surface area contributed by atoms with Gasteiger partial charge in [-0.15, -0.1) is 10.2 Å². The number of carboxylic acid groups (broad SMARTS) is 1.